The number of carbonyl (C=O) groups excluding carboxylic acids is 2. The molecule has 0 aliphatic carbocycles. The van der Waals surface area contributed by atoms with E-state index in [0.717, 1.165) is 16.7 Å². The summed E-state index contributed by atoms with van der Waals surface area (Å²) in [6.07, 6.45) is 0.933. The molecular formula is C20H24N2O3. The van der Waals surface area contributed by atoms with Gasteiger partial charge in [0, 0.05) is 6.42 Å². The fraction of sp³-hybridized carbons (Fsp3) is 0.300. The van der Waals surface area contributed by atoms with Crippen LogP contribution in [0.1, 0.15) is 28.7 Å². The minimum atomic E-state index is -0.400. The van der Waals surface area contributed by atoms with Crippen molar-refractivity contribution in [3.05, 3.63) is 64.7 Å². The molecule has 25 heavy (non-hydrogen) atoms. The number of carbonyl (C=O) groups is 2. The summed E-state index contributed by atoms with van der Waals surface area (Å²) in [6, 6.07) is 13.8. The Labute approximate surface area is 148 Å². The van der Waals surface area contributed by atoms with E-state index in [4.69, 9.17) is 4.74 Å². The summed E-state index contributed by atoms with van der Waals surface area (Å²) in [5.41, 5.74) is 9.18. The first-order valence-corrected chi connectivity index (χ1v) is 8.27. The molecule has 0 aromatic heterocycles. The molecule has 5 heteroatoms. The molecule has 2 N–H and O–H groups in total. The van der Waals surface area contributed by atoms with Gasteiger partial charge < -0.3 is 4.74 Å². The third kappa shape index (κ3) is 6.67. The lowest BCUT2D eigenvalue weighted by molar-refractivity contribution is -0.130. The Balaban J connectivity index is 1.68. The van der Waals surface area contributed by atoms with Crippen molar-refractivity contribution >= 4 is 11.8 Å². The van der Waals surface area contributed by atoms with Crippen molar-refractivity contribution in [2.45, 2.75) is 33.6 Å². The molecule has 2 aromatic carbocycles. The molecule has 2 rings (SSSR count). The van der Waals surface area contributed by atoms with Crippen LogP contribution in [0.3, 0.4) is 0 Å². The number of hydrazine groups is 1. The lowest BCUT2D eigenvalue weighted by atomic mass is 10.1. The van der Waals surface area contributed by atoms with Gasteiger partial charge >= 0.3 is 0 Å². The van der Waals surface area contributed by atoms with E-state index in [1.165, 1.54) is 5.56 Å². The number of hydrogen-bond donors (Lipinski definition) is 2. The number of rotatable bonds is 6. The van der Waals surface area contributed by atoms with E-state index in [0.29, 0.717) is 18.6 Å². The van der Waals surface area contributed by atoms with Crippen LogP contribution < -0.4 is 15.6 Å². The van der Waals surface area contributed by atoms with E-state index < -0.39 is 5.91 Å². The Bertz CT molecular complexity index is 719. The highest BCUT2D eigenvalue weighted by molar-refractivity contribution is 5.82. The van der Waals surface area contributed by atoms with E-state index in [2.05, 4.69) is 10.9 Å². The molecule has 0 spiro atoms. The van der Waals surface area contributed by atoms with Gasteiger partial charge in [-0.3, -0.25) is 20.4 Å². The average Bonchev–Trinajstić information content (AvgIpc) is 2.57. The standard InChI is InChI=1S/C20H24N2O3/c1-14-4-6-17(7-5-14)8-9-19(23)21-22-20(24)13-25-18-11-15(2)10-16(3)12-18/h4-7,10-12H,8-9,13H2,1-3H3,(H,21,23)(H,22,24). The summed E-state index contributed by atoms with van der Waals surface area (Å²) in [5.74, 6) is 0.00141. The number of nitrogens with one attached hydrogen (secondary N) is 2. The van der Waals surface area contributed by atoms with Crippen LogP contribution in [0.5, 0.6) is 5.75 Å². The van der Waals surface area contributed by atoms with Gasteiger partial charge in [0.15, 0.2) is 6.61 Å². The van der Waals surface area contributed by atoms with Crippen LogP contribution in [-0.4, -0.2) is 18.4 Å². The Morgan fingerprint density at radius 2 is 1.44 bits per heavy atom. The Morgan fingerprint density at radius 3 is 2.08 bits per heavy atom. The zero-order valence-corrected chi connectivity index (χ0v) is 14.9. The smallest absolute Gasteiger partial charge is 0.276 e. The Morgan fingerprint density at radius 1 is 0.840 bits per heavy atom. The average molecular weight is 340 g/mol. The SMILES string of the molecule is Cc1ccc(CCC(=O)NNC(=O)COc2cc(C)cc(C)c2)cc1. The van der Waals surface area contributed by atoms with Crippen LogP contribution in [0.15, 0.2) is 42.5 Å². The van der Waals surface area contributed by atoms with Crippen molar-refractivity contribution in [1.29, 1.82) is 0 Å². The maximum atomic E-state index is 11.8. The molecule has 0 aliphatic rings. The van der Waals surface area contributed by atoms with Crippen molar-refractivity contribution in [2.75, 3.05) is 6.61 Å². The minimum absolute atomic E-state index is 0.152. The van der Waals surface area contributed by atoms with E-state index in [1.807, 2.05) is 63.2 Å². The maximum Gasteiger partial charge on any atom is 0.276 e. The zero-order valence-electron chi connectivity index (χ0n) is 14.9. The molecule has 0 radical (unpaired) electrons. The molecule has 0 unspecified atom stereocenters. The highest BCUT2D eigenvalue weighted by Crippen LogP contribution is 2.15. The minimum Gasteiger partial charge on any atom is -0.484 e. The summed E-state index contributed by atoms with van der Waals surface area (Å²) in [6.45, 7) is 5.80. The fourth-order valence-electron chi connectivity index (χ4n) is 2.42. The summed E-state index contributed by atoms with van der Waals surface area (Å²) in [7, 11) is 0. The number of hydrogen-bond acceptors (Lipinski definition) is 3. The molecule has 2 amide bonds. The van der Waals surface area contributed by atoms with Crippen LogP contribution in [0.25, 0.3) is 0 Å². The lowest BCUT2D eigenvalue weighted by Crippen LogP contribution is -2.43. The molecule has 0 saturated carbocycles. The van der Waals surface area contributed by atoms with Crippen molar-refractivity contribution in [3.8, 4) is 5.75 Å². The normalized spacial score (nSPS) is 10.2. The van der Waals surface area contributed by atoms with E-state index in [1.54, 1.807) is 0 Å². The molecule has 0 bridgehead atoms. The Hall–Kier alpha value is -2.82. The van der Waals surface area contributed by atoms with Crippen molar-refractivity contribution in [1.82, 2.24) is 10.9 Å². The van der Waals surface area contributed by atoms with Crippen molar-refractivity contribution < 1.29 is 14.3 Å². The van der Waals surface area contributed by atoms with E-state index >= 15 is 0 Å². The zero-order chi connectivity index (χ0) is 18.2. The lowest BCUT2D eigenvalue weighted by Gasteiger charge is -2.10. The summed E-state index contributed by atoms with van der Waals surface area (Å²) >= 11 is 0. The predicted molar refractivity (Wildman–Crippen MR) is 97.2 cm³/mol. The van der Waals surface area contributed by atoms with Crippen LogP contribution in [0, 0.1) is 20.8 Å². The van der Waals surface area contributed by atoms with Gasteiger partial charge in [-0.05, 0) is 56.0 Å². The largest absolute Gasteiger partial charge is 0.484 e. The van der Waals surface area contributed by atoms with Gasteiger partial charge in [-0.2, -0.15) is 0 Å². The molecular weight excluding hydrogens is 316 g/mol. The van der Waals surface area contributed by atoms with Crippen molar-refractivity contribution in [3.63, 3.8) is 0 Å². The molecule has 0 fully saturated rings. The molecule has 0 atom stereocenters. The molecule has 0 aliphatic heterocycles. The van der Waals surface area contributed by atoms with Gasteiger partial charge in [-0.1, -0.05) is 35.9 Å². The fourth-order valence-corrected chi connectivity index (χ4v) is 2.42. The number of ether oxygens (including phenoxy) is 1. The van der Waals surface area contributed by atoms with Gasteiger partial charge in [-0.15, -0.1) is 0 Å². The first-order chi connectivity index (χ1) is 11.9. The molecule has 132 valence electrons. The van der Waals surface area contributed by atoms with Crippen LogP contribution in [-0.2, 0) is 16.0 Å². The summed E-state index contributed by atoms with van der Waals surface area (Å²) < 4.78 is 5.44. The van der Waals surface area contributed by atoms with Gasteiger partial charge in [0.05, 0.1) is 0 Å². The number of aryl methyl sites for hydroxylation is 4. The first-order valence-electron chi connectivity index (χ1n) is 8.27. The summed E-state index contributed by atoms with van der Waals surface area (Å²) in [5, 5.41) is 0. The monoisotopic (exact) mass is 340 g/mol. The van der Waals surface area contributed by atoms with E-state index in [-0.39, 0.29) is 12.5 Å². The van der Waals surface area contributed by atoms with E-state index in [9.17, 15) is 9.59 Å². The third-order valence-electron chi connectivity index (χ3n) is 3.67. The van der Waals surface area contributed by atoms with Gasteiger partial charge in [0.1, 0.15) is 5.75 Å². The maximum absolute atomic E-state index is 11.8. The second kappa shape index (κ2) is 8.87. The van der Waals surface area contributed by atoms with Crippen LogP contribution in [0.4, 0.5) is 0 Å². The van der Waals surface area contributed by atoms with Gasteiger partial charge in [0.25, 0.3) is 5.91 Å². The van der Waals surface area contributed by atoms with Crippen LogP contribution >= 0.6 is 0 Å². The van der Waals surface area contributed by atoms with Gasteiger partial charge in [0.2, 0.25) is 5.91 Å². The molecule has 2 aromatic rings. The second-order valence-electron chi connectivity index (χ2n) is 6.19. The van der Waals surface area contributed by atoms with Crippen molar-refractivity contribution in [2.24, 2.45) is 0 Å². The topological polar surface area (TPSA) is 67.4 Å². The quantitative estimate of drug-likeness (QED) is 0.795. The van der Waals surface area contributed by atoms with Crippen LogP contribution in [0.2, 0.25) is 0 Å². The summed E-state index contributed by atoms with van der Waals surface area (Å²) in [4.78, 5) is 23.5. The number of amides is 2. The highest BCUT2D eigenvalue weighted by Gasteiger charge is 2.06. The highest BCUT2D eigenvalue weighted by atomic mass is 16.5. The van der Waals surface area contributed by atoms with Gasteiger partial charge in [-0.25, -0.2) is 0 Å². The second-order valence-corrected chi connectivity index (χ2v) is 6.19. The Kier molecular flexibility index (Phi) is 6.57. The number of benzene rings is 2. The molecule has 5 nitrogen and oxygen atoms in total. The first kappa shape index (κ1) is 18.5. The molecule has 0 saturated heterocycles. The molecule has 0 heterocycles. The third-order valence-corrected chi connectivity index (χ3v) is 3.67. The predicted octanol–water partition coefficient (Wildman–Crippen LogP) is 2.77.